The van der Waals surface area contributed by atoms with Crippen molar-refractivity contribution in [3.63, 3.8) is 0 Å². The van der Waals surface area contributed by atoms with Crippen molar-refractivity contribution < 1.29 is 4.74 Å². The van der Waals surface area contributed by atoms with E-state index < -0.39 is 0 Å². The minimum atomic E-state index is -0.0171. The predicted molar refractivity (Wildman–Crippen MR) is 77.2 cm³/mol. The molecule has 0 aliphatic carbocycles. The average molecular weight is 256 g/mol. The Kier molecular flexibility index (Phi) is 4.53. The monoisotopic (exact) mass is 256 g/mol. The van der Waals surface area contributed by atoms with E-state index in [1.807, 2.05) is 31.2 Å². The van der Waals surface area contributed by atoms with E-state index in [4.69, 9.17) is 10.5 Å². The van der Waals surface area contributed by atoms with Gasteiger partial charge in [0.15, 0.2) is 0 Å². The lowest BCUT2D eigenvalue weighted by atomic mass is 10.1. The Morgan fingerprint density at radius 1 is 1.21 bits per heavy atom. The number of benzene rings is 1. The fourth-order valence-electron chi connectivity index (χ4n) is 1.97. The van der Waals surface area contributed by atoms with Gasteiger partial charge in [0, 0.05) is 30.4 Å². The largest absolute Gasteiger partial charge is 0.493 e. The summed E-state index contributed by atoms with van der Waals surface area (Å²) in [6, 6.07) is 10.1. The highest BCUT2D eigenvalue weighted by Crippen LogP contribution is 2.25. The number of nitrogens with two attached hydrogens (primary N) is 1. The number of aryl methyl sites for hydroxylation is 1. The summed E-state index contributed by atoms with van der Waals surface area (Å²) in [6.07, 6.45) is 4.47. The zero-order valence-electron chi connectivity index (χ0n) is 11.5. The van der Waals surface area contributed by atoms with Gasteiger partial charge in [-0.15, -0.1) is 0 Å². The van der Waals surface area contributed by atoms with Crippen LogP contribution in [0.25, 0.3) is 0 Å². The van der Waals surface area contributed by atoms with Crippen molar-refractivity contribution >= 4 is 0 Å². The van der Waals surface area contributed by atoms with Crippen LogP contribution in [-0.2, 0) is 6.42 Å². The Labute approximate surface area is 114 Å². The van der Waals surface area contributed by atoms with Crippen LogP contribution in [0.4, 0.5) is 0 Å². The Hall–Kier alpha value is -1.87. The van der Waals surface area contributed by atoms with Crippen LogP contribution in [0.2, 0.25) is 0 Å². The minimum Gasteiger partial charge on any atom is -0.493 e. The van der Waals surface area contributed by atoms with E-state index in [-0.39, 0.29) is 6.04 Å². The Morgan fingerprint density at radius 3 is 2.63 bits per heavy atom. The lowest BCUT2D eigenvalue weighted by molar-refractivity contribution is 0.317. The second-order valence-corrected chi connectivity index (χ2v) is 4.78. The molecule has 0 saturated carbocycles. The molecular formula is C16H20N2O. The lowest BCUT2D eigenvalue weighted by Crippen LogP contribution is -2.09. The molecule has 1 heterocycles. The number of rotatable bonds is 5. The van der Waals surface area contributed by atoms with Gasteiger partial charge < -0.3 is 10.5 Å². The lowest BCUT2D eigenvalue weighted by Gasteiger charge is -2.14. The van der Waals surface area contributed by atoms with Crippen LogP contribution < -0.4 is 10.5 Å². The molecule has 0 amide bonds. The summed E-state index contributed by atoms with van der Waals surface area (Å²) in [7, 11) is 0. The maximum atomic E-state index is 5.96. The van der Waals surface area contributed by atoms with Crippen molar-refractivity contribution in [3.05, 3.63) is 59.4 Å². The molecule has 1 atom stereocenters. The zero-order valence-corrected chi connectivity index (χ0v) is 11.5. The highest BCUT2D eigenvalue weighted by Gasteiger charge is 2.08. The predicted octanol–water partition coefficient (Wildman–Crippen LogP) is 3.03. The van der Waals surface area contributed by atoms with Crippen LogP contribution in [0.5, 0.6) is 5.75 Å². The molecule has 3 heteroatoms. The Bertz CT molecular complexity index is 524. The molecule has 0 spiro atoms. The molecule has 2 aromatic rings. The maximum Gasteiger partial charge on any atom is 0.124 e. The number of hydrogen-bond acceptors (Lipinski definition) is 3. The van der Waals surface area contributed by atoms with Crippen molar-refractivity contribution in [2.24, 2.45) is 5.73 Å². The van der Waals surface area contributed by atoms with Crippen molar-refractivity contribution in [1.82, 2.24) is 4.98 Å². The minimum absolute atomic E-state index is 0.0171. The number of ether oxygens (including phenoxy) is 1. The smallest absolute Gasteiger partial charge is 0.124 e. The summed E-state index contributed by atoms with van der Waals surface area (Å²) in [6.45, 7) is 4.67. The third kappa shape index (κ3) is 3.80. The topological polar surface area (TPSA) is 48.1 Å². The molecule has 1 aromatic carbocycles. The van der Waals surface area contributed by atoms with Gasteiger partial charge in [-0.2, -0.15) is 0 Å². The fraction of sp³-hybridized carbons (Fsp3) is 0.312. The van der Waals surface area contributed by atoms with Gasteiger partial charge in [0.05, 0.1) is 6.61 Å². The SMILES string of the molecule is Cc1ccc([C@H](C)N)c(OCCc2ccncc2)c1. The first-order chi connectivity index (χ1) is 9.16. The van der Waals surface area contributed by atoms with Crippen molar-refractivity contribution in [3.8, 4) is 5.75 Å². The molecule has 0 aliphatic rings. The zero-order chi connectivity index (χ0) is 13.7. The van der Waals surface area contributed by atoms with Gasteiger partial charge in [0.2, 0.25) is 0 Å². The molecule has 0 bridgehead atoms. The molecule has 0 radical (unpaired) electrons. The van der Waals surface area contributed by atoms with Gasteiger partial charge in [0.25, 0.3) is 0 Å². The Balaban J connectivity index is 2.01. The molecule has 0 unspecified atom stereocenters. The molecule has 19 heavy (non-hydrogen) atoms. The molecule has 0 aliphatic heterocycles. The van der Waals surface area contributed by atoms with Crippen molar-refractivity contribution in [1.29, 1.82) is 0 Å². The van der Waals surface area contributed by atoms with E-state index in [9.17, 15) is 0 Å². The van der Waals surface area contributed by atoms with E-state index in [1.54, 1.807) is 12.4 Å². The molecule has 100 valence electrons. The van der Waals surface area contributed by atoms with E-state index in [1.165, 1.54) is 11.1 Å². The van der Waals surface area contributed by atoms with Crippen LogP contribution in [0.3, 0.4) is 0 Å². The summed E-state index contributed by atoms with van der Waals surface area (Å²) in [4.78, 5) is 4.00. The van der Waals surface area contributed by atoms with Crippen LogP contribution in [0.15, 0.2) is 42.7 Å². The van der Waals surface area contributed by atoms with Gasteiger partial charge in [-0.3, -0.25) is 4.98 Å². The molecular weight excluding hydrogens is 236 g/mol. The normalized spacial score (nSPS) is 12.2. The van der Waals surface area contributed by atoms with Gasteiger partial charge in [-0.05, 0) is 43.2 Å². The van der Waals surface area contributed by atoms with Crippen LogP contribution in [0.1, 0.15) is 29.7 Å². The second-order valence-electron chi connectivity index (χ2n) is 4.78. The summed E-state index contributed by atoms with van der Waals surface area (Å²) in [5.74, 6) is 0.893. The molecule has 2 N–H and O–H groups in total. The van der Waals surface area contributed by atoms with Crippen LogP contribution in [-0.4, -0.2) is 11.6 Å². The van der Waals surface area contributed by atoms with Crippen molar-refractivity contribution in [2.75, 3.05) is 6.61 Å². The van der Waals surface area contributed by atoms with Crippen LogP contribution >= 0.6 is 0 Å². The first-order valence-corrected chi connectivity index (χ1v) is 6.54. The first kappa shape index (κ1) is 13.6. The van der Waals surface area contributed by atoms with Crippen molar-refractivity contribution in [2.45, 2.75) is 26.3 Å². The third-order valence-electron chi connectivity index (χ3n) is 3.06. The van der Waals surface area contributed by atoms with E-state index in [0.29, 0.717) is 6.61 Å². The first-order valence-electron chi connectivity index (χ1n) is 6.54. The second kappa shape index (κ2) is 6.34. The summed E-state index contributed by atoms with van der Waals surface area (Å²) >= 11 is 0. The molecule has 1 aromatic heterocycles. The number of aromatic nitrogens is 1. The maximum absolute atomic E-state index is 5.96. The highest BCUT2D eigenvalue weighted by atomic mass is 16.5. The molecule has 0 fully saturated rings. The van der Waals surface area contributed by atoms with E-state index in [2.05, 4.69) is 18.0 Å². The summed E-state index contributed by atoms with van der Waals surface area (Å²) < 4.78 is 5.88. The van der Waals surface area contributed by atoms with Gasteiger partial charge in [-0.1, -0.05) is 12.1 Å². The van der Waals surface area contributed by atoms with E-state index >= 15 is 0 Å². The number of pyridine rings is 1. The fourth-order valence-corrected chi connectivity index (χ4v) is 1.97. The Morgan fingerprint density at radius 2 is 1.95 bits per heavy atom. The molecule has 3 nitrogen and oxygen atoms in total. The number of hydrogen-bond donors (Lipinski definition) is 1. The summed E-state index contributed by atoms with van der Waals surface area (Å²) in [5, 5.41) is 0. The third-order valence-corrected chi connectivity index (χ3v) is 3.06. The van der Waals surface area contributed by atoms with Gasteiger partial charge in [0.1, 0.15) is 5.75 Å². The van der Waals surface area contributed by atoms with Gasteiger partial charge >= 0.3 is 0 Å². The van der Waals surface area contributed by atoms with Crippen LogP contribution in [0, 0.1) is 6.92 Å². The summed E-state index contributed by atoms with van der Waals surface area (Å²) in [5.41, 5.74) is 9.43. The highest BCUT2D eigenvalue weighted by molar-refractivity contribution is 5.38. The molecule has 2 rings (SSSR count). The standard InChI is InChI=1S/C16H20N2O/c1-12-3-4-15(13(2)17)16(11-12)19-10-7-14-5-8-18-9-6-14/h3-6,8-9,11,13H,7,10,17H2,1-2H3/t13-/m0/s1. The van der Waals surface area contributed by atoms with Gasteiger partial charge in [-0.25, -0.2) is 0 Å². The molecule has 0 saturated heterocycles. The van der Waals surface area contributed by atoms with E-state index in [0.717, 1.165) is 17.7 Å². The quantitative estimate of drug-likeness (QED) is 0.894. The average Bonchev–Trinajstić information content (AvgIpc) is 2.39. The number of nitrogens with zero attached hydrogens (tertiary/aromatic N) is 1.